The van der Waals surface area contributed by atoms with E-state index in [9.17, 15) is 14.7 Å². The molecule has 1 amide bonds. The van der Waals surface area contributed by atoms with Crippen LogP contribution in [0.25, 0.3) is 5.76 Å². The molecule has 1 saturated heterocycles. The molecule has 7 nitrogen and oxygen atoms in total. The Morgan fingerprint density at radius 1 is 1.03 bits per heavy atom. The Labute approximate surface area is 204 Å². The number of amides is 1. The first-order valence-corrected chi connectivity index (χ1v) is 11.7. The van der Waals surface area contributed by atoms with Crippen molar-refractivity contribution < 1.29 is 28.6 Å². The predicted molar refractivity (Wildman–Crippen MR) is 131 cm³/mol. The highest BCUT2D eigenvalue weighted by molar-refractivity contribution is 6.46. The molecular formula is C28H29NO6. The van der Waals surface area contributed by atoms with E-state index in [1.807, 2.05) is 19.1 Å². The van der Waals surface area contributed by atoms with E-state index in [-0.39, 0.29) is 17.9 Å². The molecule has 1 N–H and O–H groups in total. The number of ketones is 1. The van der Waals surface area contributed by atoms with Gasteiger partial charge >= 0.3 is 0 Å². The number of furan rings is 1. The maximum Gasteiger partial charge on any atom is 0.296 e. The quantitative estimate of drug-likeness (QED) is 0.255. The largest absolute Gasteiger partial charge is 0.507 e. The molecule has 0 spiro atoms. The monoisotopic (exact) mass is 475 g/mol. The Hall–Kier alpha value is -4.00. The normalized spacial score (nSPS) is 17.3. The van der Waals surface area contributed by atoms with Gasteiger partial charge in [-0.15, -0.1) is 0 Å². The summed E-state index contributed by atoms with van der Waals surface area (Å²) in [6, 6.07) is 16.7. The van der Waals surface area contributed by atoms with Crippen LogP contribution < -0.4 is 9.47 Å². The van der Waals surface area contributed by atoms with Crippen molar-refractivity contribution in [3.8, 4) is 11.5 Å². The topological polar surface area (TPSA) is 89.2 Å². The lowest BCUT2D eigenvalue weighted by molar-refractivity contribution is -0.140. The summed E-state index contributed by atoms with van der Waals surface area (Å²) >= 11 is 0. The van der Waals surface area contributed by atoms with Crippen LogP contribution >= 0.6 is 0 Å². The molecule has 0 aliphatic carbocycles. The number of carbonyl (C=O) groups is 2. The van der Waals surface area contributed by atoms with E-state index in [0.29, 0.717) is 47.5 Å². The third-order valence-electron chi connectivity index (χ3n) is 5.64. The first-order chi connectivity index (χ1) is 16.9. The number of benzene rings is 2. The number of hydrogen-bond acceptors (Lipinski definition) is 6. The third-order valence-corrected chi connectivity index (χ3v) is 5.64. The lowest BCUT2D eigenvalue weighted by atomic mass is 9.95. The molecule has 182 valence electrons. The number of aliphatic hydroxyl groups is 1. The Balaban J connectivity index is 1.76. The molecule has 4 rings (SSSR count). The van der Waals surface area contributed by atoms with Gasteiger partial charge < -0.3 is 23.9 Å². The average molecular weight is 476 g/mol. The molecule has 7 heteroatoms. The van der Waals surface area contributed by atoms with Gasteiger partial charge in [-0.3, -0.25) is 9.59 Å². The minimum atomic E-state index is -0.808. The van der Waals surface area contributed by atoms with Crippen LogP contribution in [0.1, 0.15) is 43.7 Å². The number of hydrogen-bond donors (Lipinski definition) is 1. The van der Waals surface area contributed by atoms with Gasteiger partial charge in [0.15, 0.2) is 0 Å². The highest BCUT2D eigenvalue weighted by Gasteiger charge is 2.46. The molecule has 1 fully saturated rings. The maximum atomic E-state index is 13.2. The number of nitrogens with zero attached hydrogens (tertiary/aromatic N) is 1. The van der Waals surface area contributed by atoms with E-state index in [1.54, 1.807) is 48.5 Å². The molecule has 1 aromatic heterocycles. The molecule has 1 unspecified atom stereocenters. The number of carbonyl (C=O) groups excluding carboxylic acids is 2. The molecule has 1 atom stereocenters. The van der Waals surface area contributed by atoms with Gasteiger partial charge in [-0.25, -0.2) is 0 Å². The molecule has 2 heterocycles. The van der Waals surface area contributed by atoms with Gasteiger partial charge in [-0.05, 0) is 66.9 Å². The fraction of sp³-hybridized carbons (Fsp3) is 0.286. The number of likely N-dealkylation sites (tertiary alicyclic amines) is 1. The second-order valence-electron chi connectivity index (χ2n) is 8.74. The van der Waals surface area contributed by atoms with Crippen molar-refractivity contribution in [3.63, 3.8) is 0 Å². The molecule has 2 aromatic carbocycles. The van der Waals surface area contributed by atoms with Crippen molar-refractivity contribution in [2.45, 2.75) is 33.4 Å². The Kier molecular flexibility index (Phi) is 7.25. The lowest BCUT2D eigenvalue weighted by Gasteiger charge is -2.25. The first-order valence-electron chi connectivity index (χ1n) is 11.7. The van der Waals surface area contributed by atoms with Crippen LogP contribution in [0.2, 0.25) is 0 Å². The number of ether oxygens (including phenoxy) is 2. The maximum absolute atomic E-state index is 13.2. The molecule has 0 saturated carbocycles. The van der Waals surface area contributed by atoms with E-state index in [4.69, 9.17) is 13.9 Å². The zero-order valence-corrected chi connectivity index (χ0v) is 20.1. The van der Waals surface area contributed by atoms with Crippen LogP contribution in [-0.4, -0.2) is 34.9 Å². The predicted octanol–water partition coefficient (Wildman–Crippen LogP) is 5.34. The minimum absolute atomic E-state index is 0.0195. The zero-order valence-electron chi connectivity index (χ0n) is 20.1. The van der Waals surface area contributed by atoms with Crippen LogP contribution in [-0.2, 0) is 16.1 Å². The second kappa shape index (κ2) is 10.5. The Morgan fingerprint density at radius 3 is 2.46 bits per heavy atom. The highest BCUT2D eigenvalue weighted by atomic mass is 16.5. The standard InChI is InChI=1S/C28H29NO6/c1-4-33-22-8-5-7-20(15-22)25-24(27(31)28(32)29(25)16-23-9-6-14-34-23)26(30)19-10-12-21(13-11-19)35-17-18(2)3/h5-15,18,25,30H,4,16-17H2,1-3H3/b26-24-. The lowest BCUT2D eigenvalue weighted by Crippen LogP contribution is -2.29. The van der Waals surface area contributed by atoms with Crippen LogP contribution in [0.15, 0.2) is 76.9 Å². The summed E-state index contributed by atoms with van der Waals surface area (Å²) in [6.45, 7) is 7.12. The number of Topliss-reactive ketones (excluding diaryl/α,β-unsaturated/α-hetero) is 1. The molecule has 1 aliphatic heterocycles. The number of aliphatic hydroxyl groups excluding tert-OH is 1. The average Bonchev–Trinajstić information content (AvgIpc) is 3.45. The Bertz CT molecular complexity index is 1210. The summed E-state index contributed by atoms with van der Waals surface area (Å²) in [5, 5.41) is 11.3. The molecule has 1 aliphatic rings. The second-order valence-corrected chi connectivity index (χ2v) is 8.74. The van der Waals surface area contributed by atoms with Gasteiger partial charge in [0.1, 0.15) is 23.0 Å². The summed E-state index contributed by atoms with van der Waals surface area (Å²) < 4.78 is 16.8. The van der Waals surface area contributed by atoms with Gasteiger partial charge in [0.25, 0.3) is 11.7 Å². The van der Waals surface area contributed by atoms with E-state index in [0.717, 1.165) is 0 Å². The molecule has 35 heavy (non-hydrogen) atoms. The van der Waals surface area contributed by atoms with Crippen LogP contribution in [0.5, 0.6) is 11.5 Å². The van der Waals surface area contributed by atoms with Crippen molar-refractivity contribution in [1.29, 1.82) is 0 Å². The van der Waals surface area contributed by atoms with E-state index < -0.39 is 17.7 Å². The third kappa shape index (κ3) is 5.24. The SMILES string of the molecule is CCOc1cccc(C2/C(=C(/O)c3ccc(OCC(C)C)cc3)C(=O)C(=O)N2Cc2ccco2)c1. The van der Waals surface area contributed by atoms with Crippen LogP contribution in [0, 0.1) is 5.92 Å². The summed E-state index contributed by atoms with van der Waals surface area (Å²) in [5.41, 5.74) is 1.09. The van der Waals surface area contributed by atoms with Gasteiger partial charge in [0.05, 0.1) is 37.6 Å². The van der Waals surface area contributed by atoms with Crippen LogP contribution in [0.3, 0.4) is 0 Å². The fourth-order valence-corrected chi connectivity index (χ4v) is 4.03. The summed E-state index contributed by atoms with van der Waals surface area (Å²) in [4.78, 5) is 27.7. The van der Waals surface area contributed by atoms with Crippen molar-refractivity contribution in [3.05, 3.63) is 89.4 Å². The summed E-state index contributed by atoms with van der Waals surface area (Å²) in [6.07, 6.45) is 1.51. The van der Waals surface area contributed by atoms with E-state index in [1.165, 1.54) is 11.2 Å². The summed E-state index contributed by atoms with van der Waals surface area (Å²) in [5.74, 6) is 0.486. The highest BCUT2D eigenvalue weighted by Crippen LogP contribution is 2.41. The fourth-order valence-electron chi connectivity index (χ4n) is 4.03. The van der Waals surface area contributed by atoms with Crippen LogP contribution in [0.4, 0.5) is 0 Å². The summed E-state index contributed by atoms with van der Waals surface area (Å²) in [7, 11) is 0. The van der Waals surface area contributed by atoms with Gasteiger partial charge in [0, 0.05) is 5.56 Å². The molecular weight excluding hydrogens is 446 g/mol. The molecule has 3 aromatic rings. The Morgan fingerprint density at radius 2 is 1.80 bits per heavy atom. The van der Waals surface area contributed by atoms with Crippen molar-refractivity contribution in [2.75, 3.05) is 13.2 Å². The first kappa shape index (κ1) is 24.1. The van der Waals surface area contributed by atoms with Gasteiger partial charge in [-0.2, -0.15) is 0 Å². The smallest absolute Gasteiger partial charge is 0.296 e. The van der Waals surface area contributed by atoms with Gasteiger partial charge in [0.2, 0.25) is 0 Å². The van der Waals surface area contributed by atoms with E-state index in [2.05, 4.69) is 13.8 Å². The molecule has 0 radical (unpaired) electrons. The van der Waals surface area contributed by atoms with Crippen molar-refractivity contribution in [2.24, 2.45) is 5.92 Å². The molecule has 0 bridgehead atoms. The van der Waals surface area contributed by atoms with Crippen molar-refractivity contribution in [1.82, 2.24) is 4.90 Å². The minimum Gasteiger partial charge on any atom is -0.507 e. The van der Waals surface area contributed by atoms with E-state index >= 15 is 0 Å². The number of rotatable bonds is 9. The van der Waals surface area contributed by atoms with Gasteiger partial charge in [-0.1, -0.05) is 26.0 Å². The van der Waals surface area contributed by atoms with Crippen molar-refractivity contribution >= 4 is 17.4 Å². The zero-order chi connectivity index (χ0) is 24.9.